The van der Waals surface area contributed by atoms with Gasteiger partial charge in [-0.05, 0) is 36.5 Å². The first-order valence-corrected chi connectivity index (χ1v) is 7.76. The summed E-state index contributed by atoms with van der Waals surface area (Å²) in [6, 6.07) is 5.22. The summed E-state index contributed by atoms with van der Waals surface area (Å²) in [6.45, 7) is 0. The van der Waals surface area contributed by atoms with Gasteiger partial charge in [-0.1, -0.05) is 39.7 Å². The van der Waals surface area contributed by atoms with E-state index >= 15 is 0 Å². The van der Waals surface area contributed by atoms with Crippen molar-refractivity contribution in [3.8, 4) is 0 Å². The van der Waals surface area contributed by atoms with E-state index in [9.17, 15) is 9.59 Å². The van der Waals surface area contributed by atoms with Crippen LogP contribution in [0.4, 0.5) is 5.69 Å². The smallest absolute Gasteiger partial charge is 0.238 e. The molecule has 0 radical (unpaired) electrons. The number of carbonyl (C=O) groups excluding carboxylic acids is 2. The van der Waals surface area contributed by atoms with Crippen LogP contribution in [0.5, 0.6) is 0 Å². The summed E-state index contributed by atoms with van der Waals surface area (Å²) < 4.78 is 0.802. The molecular weight excluding hydrogens is 342 g/mol. The summed E-state index contributed by atoms with van der Waals surface area (Å²) >= 11 is 9.53. The lowest BCUT2D eigenvalue weighted by molar-refractivity contribution is -0.123. The van der Waals surface area contributed by atoms with Crippen molar-refractivity contribution in [1.29, 1.82) is 0 Å². The maximum atomic E-state index is 12.6. The molecule has 2 fully saturated rings. The van der Waals surface area contributed by atoms with Crippen LogP contribution in [0.1, 0.15) is 6.42 Å². The van der Waals surface area contributed by atoms with Gasteiger partial charge in [0, 0.05) is 4.47 Å². The Labute approximate surface area is 129 Å². The molecule has 2 aliphatic carbocycles. The summed E-state index contributed by atoms with van der Waals surface area (Å²) in [5, 5.41) is 0.426. The number of rotatable bonds is 1. The molecule has 0 spiro atoms. The van der Waals surface area contributed by atoms with Crippen molar-refractivity contribution in [3.05, 3.63) is 39.8 Å². The van der Waals surface area contributed by atoms with Gasteiger partial charge >= 0.3 is 0 Å². The van der Waals surface area contributed by atoms with E-state index in [1.165, 1.54) is 4.90 Å². The van der Waals surface area contributed by atoms with Crippen LogP contribution in [0.3, 0.4) is 0 Å². The zero-order valence-electron chi connectivity index (χ0n) is 10.4. The number of carbonyl (C=O) groups is 2. The Balaban J connectivity index is 1.80. The lowest BCUT2D eigenvalue weighted by atomic mass is 9.85. The van der Waals surface area contributed by atoms with E-state index < -0.39 is 0 Å². The third kappa shape index (κ3) is 1.52. The maximum absolute atomic E-state index is 12.6. The molecule has 4 atom stereocenters. The van der Waals surface area contributed by atoms with Crippen LogP contribution in [-0.4, -0.2) is 11.8 Å². The van der Waals surface area contributed by atoms with Crippen molar-refractivity contribution in [2.75, 3.05) is 4.90 Å². The fourth-order valence-corrected chi connectivity index (χ4v) is 4.35. The summed E-state index contributed by atoms with van der Waals surface area (Å²) in [5.74, 6) is -0.136. The lowest BCUT2D eigenvalue weighted by Crippen LogP contribution is -2.33. The van der Waals surface area contributed by atoms with Crippen LogP contribution in [-0.2, 0) is 9.59 Å². The van der Waals surface area contributed by atoms with E-state index in [1.54, 1.807) is 18.2 Å². The third-order valence-electron chi connectivity index (χ3n) is 4.62. The number of halogens is 2. The van der Waals surface area contributed by atoms with Crippen molar-refractivity contribution in [1.82, 2.24) is 0 Å². The predicted octanol–water partition coefficient (Wildman–Crippen LogP) is 3.41. The van der Waals surface area contributed by atoms with Crippen molar-refractivity contribution in [2.45, 2.75) is 6.42 Å². The normalized spacial score (nSPS) is 34.2. The van der Waals surface area contributed by atoms with E-state index in [0.717, 1.165) is 10.9 Å². The molecule has 4 unspecified atom stereocenters. The number of amides is 2. The van der Waals surface area contributed by atoms with Crippen molar-refractivity contribution >= 4 is 45.0 Å². The van der Waals surface area contributed by atoms with E-state index in [0.29, 0.717) is 10.7 Å². The highest BCUT2D eigenvalue weighted by atomic mass is 79.9. The number of imide groups is 1. The third-order valence-corrected chi connectivity index (χ3v) is 5.43. The zero-order valence-corrected chi connectivity index (χ0v) is 12.8. The SMILES string of the molecule is O=C1C2C3C=CC(C3)C2C(=O)N1c1cc(Br)ccc1Cl. The van der Waals surface area contributed by atoms with Crippen LogP contribution in [0.2, 0.25) is 5.02 Å². The molecule has 0 aromatic heterocycles. The quantitative estimate of drug-likeness (QED) is 0.574. The molecule has 1 aliphatic heterocycles. The first-order chi connectivity index (χ1) is 9.58. The highest BCUT2D eigenvalue weighted by Crippen LogP contribution is 2.53. The fraction of sp³-hybridized carbons (Fsp3) is 0.333. The monoisotopic (exact) mass is 351 g/mol. The van der Waals surface area contributed by atoms with E-state index in [-0.39, 0.29) is 35.5 Å². The summed E-state index contributed by atoms with van der Waals surface area (Å²) in [4.78, 5) is 26.6. The summed E-state index contributed by atoms with van der Waals surface area (Å²) in [6.07, 6.45) is 5.11. The Hall–Kier alpha value is -1.13. The van der Waals surface area contributed by atoms with Gasteiger partial charge in [0.05, 0.1) is 22.5 Å². The molecule has 3 aliphatic rings. The Morgan fingerprint density at radius 1 is 1.10 bits per heavy atom. The van der Waals surface area contributed by atoms with Crippen molar-refractivity contribution < 1.29 is 9.59 Å². The highest BCUT2D eigenvalue weighted by molar-refractivity contribution is 9.10. The van der Waals surface area contributed by atoms with Crippen LogP contribution >= 0.6 is 27.5 Å². The zero-order chi connectivity index (χ0) is 14.0. The van der Waals surface area contributed by atoms with Gasteiger partial charge in [0.15, 0.2) is 0 Å². The fourth-order valence-electron chi connectivity index (χ4n) is 3.80. The second-order valence-electron chi connectivity index (χ2n) is 5.61. The molecule has 102 valence electrons. The van der Waals surface area contributed by atoms with E-state index in [1.807, 2.05) is 0 Å². The van der Waals surface area contributed by atoms with Gasteiger partial charge in [-0.15, -0.1) is 0 Å². The van der Waals surface area contributed by atoms with Crippen LogP contribution in [0.25, 0.3) is 0 Å². The number of allylic oxidation sites excluding steroid dienone is 2. The van der Waals surface area contributed by atoms with Crippen LogP contribution in [0.15, 0.2) is 34.8 Å². The number of nitrogens with zero attached hydrogens (tertiary/aromatic N) is 1. The van der Waals surface area contributed by atoms with Gasteiger partial charge in [0.2, 0.25) is 11.8 Å². The molecule has 2 amide bonds. The first kappa shape index (κ1) is 12.6. The second-order valence-corrected chi connectivity index (χ2v) is 6.93. The Morgan fingerprint density at radius 2 is 1.70 bits per heavy atom. The predicted molar refractivity (Wildman–Crippen MR) is 79.4 cm³/mol. The largest absolute Gasteiger partial charge is 0.274 e. The molecule has 1 aromatic rings. The second kappa shape index (κ2) is 4.18. The number of fused-ring (bicyclic) bond motifs is 5. The number of hydrogen-bond acceptors (Lipinski definition) is 2. The van der Waals surface area contributed by atoms with Crippen molar-refractivity contribution in [3.63, 3.8) is 0 Å². The van der Waals surface area contributed by atoms with Gasteiger partial charge in [-0.25, -0.2) is 4.90 Å². The Morgan fingerprint density at radius 3 is 2.30 bits per heavy atom. The molecule has 2 bridgehead atoms. The van der Waals surface area contributed by atoms with Crippen LogP contribution < -0.4 is 4.90 Å². The maximum Gasteiger partial charge on any atom is 0.238 e. The minimum absolute atomic E-state index is 0.100. The number of benzene rings is 1. The van der Waals surface area contributed by atoms with Crippen LogP contribution in [0, 0.1) is 23.7 Å². The minimum atomic E-state index is -0.187. The standard InChI is InChI=1S/C15H11BrClNO2/c16-9-3-4-10(17)11(6-9)18-14(19)12-7-1-2-8(5-7)13(12)15(18)20/h1-4,6-8,12-13H,5H2. The molecule has 4 rings (SSSR count). The molecule has 1 saturated heterocycles. The first-order valence-electron chi connectivity index (χ1n) is 6.59. The van der Waals surface area contributed by atoms with Gasteiger partial charge < -0.3 is 0 Å². The van der Waals surface area contributed by atoms with Gasteiger partial charge in [-0.3, -0.25) is 9.59 Å². The number of anilines is 1. The molecule has 3 nitrogen and oxygen atoms in total. The summed E-state index contributed by atoms with van der Waals surface area (Å²) in [5.41, 5.74) is 0.491. The van der Waals surface area contributed by atoms with Gasteiger partial charge in [-0.2, -0.15) is 0 Å². The average Bonchev–Trinajstić information content (AvgIpc) is 3.08. The molecule has 1 saturated carbocycles. The molecule has 20 heavy (non-hydrogen) atoms. The minimum Gasteiger partial charge on any atom is -0.274 e. The molecule has 1 aromatic carbocycles. The van der Waals surface area contributed by atoms with E-state index in [4.69, 9.17) is 11.6 Å². The van der Waals surface area contributed by atoms with Crippen molar-refractivity contribution in [2.24, 2.45) is 23.7 Å². The molecular formula is C15H11BrClNO2. The average molecular weight is 353 g/mol. The summed E-state index contributed by atoms with van der Waals surface area (Å²) in [7, 11) is 0. The Bertz CT molecular complexity index is 642. The highest BCUT2D eigenvalue weighted by Gasteiger charge is 2.59. The molecule has 1 heterocycles. The van der Waals surface area contributed by atoms with Gasteiger partial charge in [0.25, 0.3) is 0 Å². The Kier molecular flexibility index (Phi) is 2.63. The van der Waals surface area contributed by atoms with E-state index in [2.05, 4.69) is 28.1 Å². The molecule has 0 N–H and O–H groups in total. The number of hydrogen-bond donors (Lipinski definition) is 0. The topological polar surface area (TPSA) is 37.4 Å². The van der Waals surface area contributed by atoms with Gasteiger partial charge in [0.1, 0.15) is 0 Å². The lowest BCUT2D eigenvalue weighted by Gasteiger charge is -2.18. The molecule has 5 heteroatoms.